The van der Waals surface area contributed by atoms with Crippen molar-refractivity contribution in [2.45, 2.75) is 31.1 Å². The molecule has 1 amide bonds. The molecule has 0 aromatic heterocycles. The smallest absolute Gasteiger partial charge is 0.308 e. The minimum Gasteiger partial charge on any atom is -0.497 e. The third-order valence-corrected chi connectivity index (χ3v) is 7.43. The number of ether oxygens (including phenoxy) is 2. The van der Waals surface area contributed by atoms with Crippen molar-refractivity contribution in [3.8, 4) is 5.75 Å². The molecule has 1 heterocycles. The van der Waals surface area contributed by atoms with Gasteiger partial charge in [0.1, 0.15) is 5.75 Å². The maximum atomic E-state index is 12.4. The molecule has 1 aliphatic rings. The van der Waals surface area contributed by atoms with E-state index in [0.29, 0.717) is 12.2 Å². The highest BCUT2D eigenvalue weighted by molar-refractivity contribution is 8.02. The monoisotopic (exact) mass is 415 g/mol. The van der Waals surface area contributed by atoms with Crippen molar-refractivity contribution in [3.63, 3.8) is 0 Å². The van der Waals surface area contributed by atoms with Crippen LogP contribution in [0.5, 0.6) is 5.75 Å². The number of hydrogen-bond acceptors (Lipinski definition) is 7. The molecule has 0 radical (unpaired) electrons. The summed E-state index contributed by atoms with van der Waals surface area (Å²) >= 11 is 1.34. The highest BCUT2D eigenvalue weighted by Gasteiger charge is 2.29. The fourth-order valence-corrected chi connectivity index (χ4v) is 6.27. The predicted octanol–water partition coefficient (Wildman–Crippen LogP) is 1.73. The molecule has 1 fully saturated rings. The number of esters is 1. The number of hydrogen-bond donors (Lipinski definition) is 1. The van der Waals surface area contributed by atoms with Crippen LogP contribution in [-0.4, -0.2) is 56.5 Å². The fourth-order valence-electron chi connectivity index (χ4n) is 2.82. The summed E-state index contributed by atoms with van der Waals surface area (Å²) in [7, 11) is -1.42. The molecule has 1 saturated heterocycles. The van der Waals surface area contributed by atoms with E-state index < -0.39 is 21.8 Å². The van der Waals surface area contributed by atoms with Crippen LogP contribution >= 0.6 is 11.8 Å². The number of sulfone groups is 1. The Morgan fingerprint density at radius 1 is 1.37 bits per heavy atom. The molecule has 2 atom stereocenters. The molecule has 0 saturated carbocycles. The van der Waals surface area contributed by atoms with Crippen LogP contribution in [0.1, 0.15) is 31.4 Å². The summed E-state index contributed by atoms with van der Waals surface area (Å²) in [6, 6.07) is 6.60. The van der Waals surface area contributed by atoms with Gasteiger partial charge in [-0.15, -0.1) is 11.8 Å². The zero-order valence-corrected chi connectivity index (χ0v) is 17.1. The van der Waals surface area contributed by atoms with Crippen molar-refractivity contribution >= 4 is 33.5 Å². The van der Waals surface area contributed by atoms with Crippen molar-refractivity contribution in [3.05, 3.63) is 29.8 Å². The molecule has 7 nitrogen and oxygen atoms in total. The molecule has 1 aromatic carbocycles. The summed E-state index contributed by atoms with van der Waals surface area (Å²) in [5.74, 6) is 0.417. The Morgan fingerprint density at radius 3 is 2.78 bits per heavy atom. The number of thioether (sulfide) groups is 1. The molecule has 2 rings (SSSR count). The van der Waals surface area contributed by atoms with Crippen LogP contribution in [0.15, 0.2) is 24.3 Å². The van der Waals surface area contributed by atoms with Gasteiger partial charge in [0.05, 0.1) is 43.4 Å². The third kappa shape index (κ3) is 7.06. The van der Waals surface area contributed by atoms with Gasteiger partial charge in [-0.3, -0.25) is 9.59 Å². The fraction of sp³-hybridized carbons (Fsp3) is 0.556. The average molecular weight is 416 g/mol. The topological polar surface area (TPSA) is 98.8 Å². The summed E-state index contributed by atoms with van der Waals surface area (Å²) in [5, 5.41) is 2.80. The summed E-state index contributed by atoms with van der Waals surface area (Å²) < 4.78 is 33.2. The number of benzene rings is 1. The Labute approximate surface area is 164 Å². The second-order valence-electron chi connectivity index (χ2n) is 6.24. The first-order valence-corrected chi connectivity index (χ1v) is 11.6. The Balaban J connectivity index is 1.99. The number of rotatable bonds is 9. The zero-order valence-electron chi connectivity index (χ0n) is 15.5. The Kier molecular flexibility index (Phi) is 7.97. The van der Waals surface area contributed by atoms with E-state index in [1.165, 1.54) is 11.8 Å². The van der Waals surface area contributed by atoms with Crippen LogP contribution in [-0.2, 0) is 24.2 Å². The molecule has 150 valence electrons. The summed E-state index contributed by atoms with van der Waals surface area (Å²) in [6.07, 6.45) is 0.581. The molecule has 1 aliphatic heterocycles. The van der Waals surface area contributed by atoms with Crippen LogP contribution < -0.4 is 10.1 Å². The Hall–Kier alpha value is -1.74. The van der Waals surface area contributed by atoms with Crippen molar-refractivity contribution in [1.82, 2.24) is 5.32 Å². The van der Waals surface area contributed by atoms with Crippen LogP contribution in [0, 0.1) is 0 Å². The van der Waals surface area contributed by atoms with E-state index in [-0.39, 0.29) is 41.4 Å². The van der Waals surface area contributed by atoms with Gasteiger partial charge in [-0.05, 0) is 31.0 Å². The predicted molar refractivity (Wildman–Crippen MR) is 105 cm³/mol. The van der Waals surface area contributed by atoms with E-state index in [4.69, 9.17) is 9.47 Å². The molecular weight excluding hydrogens is 390 g/mol. The Morgan fingerprint density at radius 2 is 2.15 bits per heavy atom. The van der Waals surface area contributed by atoms with E-state index >= 15 is 0 Å². The summed E-state index contributed by atoms with van der Waals surface area (Å²) in [5.41, 5.74) is 0.740. The van der Waals surface area contributed by atoms with E-state index in [1.807, 2.05) is 6.07 Å². The first-order valence-electron chi connectivity index (χ1n) is 8.74. The lowest BCUT2D eigenvalue weighted by molar-refractivity contribution is -0.143. The van der Waals surface area contributed by atoms with Crippen molar-refractivity contribution < 1.29 is 27.5 Å². The van der Waals surface area contributed by atoms with E-state index in [0.717, 1.165) is 5.56 Å². The highest BCUT2D eigenvalue weighted by atomic mass is 32.2. The van der Waals surface area contributed by atoms with Gasteiger partial charge in [-0.2, -0.15) is 0 Å². The molecule has 1 N–H and O–H groups in total. The van der Waals surface area contributed by atoms with Crippen molar-refractivity contribution in [2.24, 2.45) is 0 Å². The lowest BCUT2D eigenvalue weighted by Gasteiger charge is -2.19. The lowest BCUT2D eigenvalue weighted by atomic mass is 10.0. The van der Waals surface area contributed by atoms with E-state index in [9.17, 15) is 18.0 Å². The lowest BCUT2D eigenvalue weighted by Crippen LogP contribution is -2.32. The number of carbonyl (C=O) groups is 2. The molecule has 0 aliphatic carbocycles. The van der Waals surface area contributed by atoms with Gasteiger partial charge in [-0.25, -0.2) is 8.42 Å². The number of nitrogens with one attached hydrogen (secondary N) is 1. The van der Waals surface area contributed by atoms with E-state index in [2.05, 4.69) is 5.32 Å². The SMILES string of the molecule is CCOC(=O)CC(NC(=O)CSC1CCS(=O)(=O)C1)c1cccc(OC)c1. The van der Waals surface area contributed by atoms with Crippen LogP contribution in [0.4, 0.5) is 0 Å². The zero-order chi connectivity index (χ0) is 19.9. The third-order valence-electron chi connectivity index (χ3n) is 4.15. The first kappa shape index (κ1) is 21.6. The molecule has 1 aromatic rings. The van der Waals surface area contributed by atoms with Crippen LogP contribution in [0.2, 0.25) is 0 Å². The maximum Gasteiger partial charge on any atom is 0.308 e. The quantitative estimate of drug-likeness (QED) is 0.613. The second-order valence-corrected chi connectivity index (χ2v) is 9.76. The minimum atomic E-state index is -2.97. The van der Waals surface area contributed by atoms with Crippen molar-refractivity contribution in [2.75, 3.05) is 31.0 Å². The number of carbonyl (C=O) groups excluding carboxylic acids is 2. The second kappa shape index (κ2) is 9.98. The van der Waals surface area contributed by atoms with Gasteiger partial charge in [0, 0.05) is 5.25 Å². The number of methoxy groups -OCH3 is 1. The van der Waals surface area contributed by atoms with Gasteiger partial charge >= 0.3 is 5.97 Å². The normalized spacial score (nSPS) is 19.3. The first-order chi connectivity index (χ1) is 12.8. The van der Waals surface area contributed by atoms with Gasteiger partial charge in [0.2, 0.25) is 5.91 Å². The standard InChI is InChI=1S/C18H25NO6S2/c1-3-25-18(21)10-16(13-5-4-6-14(9-13)24-2)19-17(20)11-26-15-7-8-27(22,23)12-15/h4-6,9,15-16H,3,7-8,10-12H2,1-2H3,(H,19,20). The molecule has 0 spiro atoms. The molecule has 27 heavy (non-hydrogen) atoms. The summed E-state index contributed by atoms with van der Waals surface area (Å²) in [4.78, 5) is 24.3. The van der Waals surface area contributed by atoms with Gasteiger partial charge in [0.25, 0.3) is 0 Å². The van der Waals surface area contributed by atoms with Gasteiger partial charge in [0.15, 0.2) is 9.84 Å². The summed E-state index contributed by atoms with van der Waals surface area (Å²) in [6.45, 7) is 1.99. The highest BCUT2D eigenvalue weighted by Crippen LogP contribution is 2.25. The molecule has 0 bridgehead atoms. The molecule has 2 unspecified atom stereocenters. The van der Waals surface area contributed by atoms with Crippen LogP contribution in [0.3, 0.4) is 0 Å². The van der Waals surface area contributed by atoms with E-state index in [1.54, 1.807) is 32.2 Å². The van der Waals surface area contributed by atoms with Crippen molar-refractivity contribution in [1.29, 1.82) is 0 Å². The Bertz CT molecular complexity index is 765. The largest absolute Gasteiger partial charge is 0.497 e. The molecular formula is C18H25NO6S2. The average Bonchev–Trinajstić information content (AvgIpc) is 2.98. The van der Waals surface area contributed by atoms with Gasteiger partial charge in [-0.1, -0.05) is 12.1 Å². The van der Waals surface area contributed by atoms with Crippen LogP contribution in [0.25, 0.3) is 0 Å². The minimum absolute atomic E-state index is 0.00915. The number of amides is 1. The maximum absolute atomic E-state index is 12.4. The molecule has 9 heteroatoms. The van der Waals surface area contributed by atoms with Gasteiger partial charge < -0.3 is 14.8 Å².